The van der Waals surface area contributed by atoms with E-state index in [1.807, 2.05) is 0 Å². The van der Waals surface area contributed by atoms with Gasteiger partial charge in [0.15, 0.2) is 5.82 Å². The molecule has 3 rings (SSSR count). The zero-order valence-corrected chi connectivity index (χ0v) is 15.3. The van der Waals surface area contributed by atoms with E-state index in [2.05, 4.69) is 25.8 Å². The second-order valence-electron chi connectivity index (χ2n) is 5.92. The highest BCUT2D eigenvalue weighted by Gasteiger charge is 2.14. The number of carbonyl (C=O) groups excluding carboxylic acids is 2. The molecule has 3 aromatic rings. The Bertz CT molecular complexity index is 1020. The Labute approximate surface area is 164 Å². The van der Waals surface area contributed by atoms with E-state index in [4.69, 9.17) is 4.74 Å². The highest BCUT2D eigenvalue weighted by atomic mass is 19.1. The van der Waals surface area contributed by atoms with Gasteiger partial charge in [-0.25, -0.2) is 13.8 Å². The molecular formula is C19H17F2N5O3. The fourth-order valence-corrected chi connectivity index (χ4v) is 2.42. The van der Waals surface area contributed by atoms with Crippen LogP contribution >= 0.6 is 0 Å². The van der Waals surface area contributed by atoms with Crippen LogP contribution in [0.4, 0.5) is 8.78 Å². The van der Waals surface area contributed by atoms with Crippen molar-refractivity contribution in [1.29, 1.82) is 0 Å². The first-order chi connectivity index (χ1) is 14.0. The number of aromatic amines is 1. The Morgan fingerprint density at radius 1 is 1.10 bits per heavy atom. The van der Waals surface area contributed by atoms with Crippen LogP contribution in [-0.2, 0) is 11.3 Å². The van der Waals surface area contributed by atoms with Gasteiger partial charge >= 0.3 is 0 Å². The summed E-state index contributed by atoms with van der Waals surface area (Å²) in [6.45, 7) is -0.322. The van der Waals surface area contributed by atoms with Crippen molar-refractivity contribution in [3.8, 4) is 17.1 Å². The van der Waals surface area contributed by atoms with Gasteiger partial charge in [-0.05, 0) is 36.4 Å². The second kappa shape index (κ2) is 8.91. The van der Waals surface area contributed by atoms with Gasteiger partial charge < -0.3 is 15.4 Å². The summed E-state index contributed by atoms with van der Waals surface area (Å²) in [5.74, 6) is -1.55. The minimum Gasteiger partial charge on any atom is -0.497 e. The number of nitrogens with zero attached hydrogens (tertiary/aromatic N) is 2. The summed E-state index contributed by atoms with van der Waals surface area (Å²) in [6.07, 6.45) is 0. The summed E-state index contributed by atoms with van der Waals surface area (Å²) in [5, 5.41) is 11.6. The van der Waals surface area contributed by atoms with E-state index in [0.717, 1.165) is 17.7 Å². The molecule has 0 radical (unpaired) electrons. The molecule has 0 unspecified atom stereocenters. The number of ether oxygens (including phenoxy) is 1. The largest absolute Gasteiger partial charge is 0.497 e. The number of H-pyrrole nitrogens is 1. The Hall–Kier alpha value is -3.82. The van der Waals surface area contributed by atoms with Crippen LogP contribution < -0.4 is 15.4 Å². The molecule has 3 N–H and O–H groups in total. The summed E-state index contributed by atoms with van der Waals surface area (Å²) in [7, 11) is 1.57. The molecule has 0 saturated carbocycles. The van der Waals surface area contributed by atoms with Crippen LogP contribution in [0, 0.1) is 11.6 Å². The first-order valence-electron chi connectivity index (χ1n) is 8.52. The fraction of sp³-hybridized carbons (Fsp3) is 0.158. The van der Waals surface area contributed by atoms with Crippen molar-refractivity contribution in [2.75, 3.05) is 13.7 Å². The smallest absolute Gasteiger partial charge is 0.254 e. The molecular weight excluding hydrogens is 384 g/mol. The predicted octanol–water partition coefficient (Wildman–Crippen LogP) is 1.80. The van der Waals surface area contributed by atoms with Gasteiger partial charge in [0.25, 0.3) is 5.91 Å². The van der Waals surface area contributed by atoms with Crippen molar-refractivity contribution in [2.24, 2.45) is 0 Å². The minimum absolute atomic E-state index is 0.0583. The lowest BCUT2D eigenvalue weighted by molar-refractivity contribution is -0.120. The molecule has 0 fully saturated rings. The molecule has 10 heteroatoms. The molecule has 0 bridgehead atoms. The number of carbonyl (C=O) groups is 2. The van der Waals surface area contributed by atoms with Crippen LogP contribution in [0.3, 0.4) is 0 Å². The number of nitrogens with one attached hydrogen (secondary N) is 3. The SMILES string of the molecule is COc1ccc(-c2n[nH]c(CNC(=O)CNC(=O)c3ccc(F)cc3F)n2)cc1. The van der Waals surface area contributed by atoms with Gasteiger partial charge in [0, 0.05) is 11.6 Å². The summed E-state index contributed by atoms with van der Waals surface area (Å²) in [6, 6.07) is 9.72. The van der Waals surface area contributed by atoms with E-state index in [1.165, 1.54) is 0 Å². The minimum atomic E-state index is -1.00. The van der Waals surface area contributed by atoms with Gasteiger partial charge in [-0.1, -0.05) is 0 Å². The normalized spacial score (nSPS) is 10.4. The Kier molecular flexibility index (Phi) is 6.12. The molecule has 0 aliphatic rings. The van der Waals surface area contributed by atoms with Gasteiger partial charge in [0.05, 0.1) is 25.8 Å². The molecule has 29 heavy (non-hydrogen) atoms. The topological polar surface area (TPSA) is 109 Å². The van der Waals surface area contributed by atoms with E-state index < -0.39 is 23.4 Å². The van der Waals surface area contributed by atoms with E-state index in [-0.39, 0.29) is 18.7 Å². The second-order valence-corrected chi connectivity index (χ2v) is 5.92. The van der Waals surface area contributed by atoms with Crippen LogP contribution in [-0.4, -0.2) is 40.7 Å². The van der Waals surface area contributed by atoms with Gasteiger partial charge in [-0.15, -0.1) is 0 Å². The maximum atomic E-state index is 13.6. The monoisotopic (exact) mass is 401 g/mol. The molecule has 0 spiro atoms. The molecule has 8 nitrogen and oxygen atoms in total. The Morgan fingerprint density at radius 2 is 1.86 bits per heavy atom. The highest BCUT2D eigenvalue weighted by molar-refractivity contribution is 5.96. The Morgan fingerprint density at radius 3 is 2.55 bits per heavy atom. The zero-order chi connectivity index (χ0) is 20.8. The van der Waals surface area contributed by atoms with Crippen molar-refractivity contribution < 1.29 is 23.1 Å². The van der Waals surface area contributed by atoms with Crippen LogP contribution in [0.2, 0.25) is 0 Å². The van der Waals surface area contributed by atoms with E-state index in [0.29, 0.717) is 23.5 Å². The van der Waals surface area contributed by atoms with Crippen LogP contribution in [0.25, 0.3) is 11.4 Å². The summed E-state index contributed by atoms with van der Waals surface area (Å²) in [5.41, 5.74) is 0.423. The number of halogens is 2. The molecule has 150 valence electrons. The van der Waals surface area contributed by atoms with Gasteiger partial charge in [-0.2, -0.15) is 5.10 Å². The summed E-state index contributed by atoms with van der Waals surface area (Å²) >= 11 is 0. The number of methoxy groups -OCH3 is 1. The van der Waals surface area contributed by atoms with Crippen molar-refractivity contribution in [3.05, 3.63) is 65.5 Å². The number of aromatic nitrogens is 3. The third-order valence-corrected chi connectivity index (χ3v) is 3.92. The standard InChI is InChI=1S/C19H17F2N5O3/c1-29-13-5-2-11(3-6-13)18-24-16(25-26-18)9-22-17(27)10-23-19(28)14-7-4-12(20)8-15(14)21/h2-8H,9-10H2,1H3,(H,22,27)(H,23,28)(H,24,25,26). The number of hydrogen-bond donors (Lipinski definition) is 3. The summed E-state index contributed by atoms with van der Waals surface area (Å²) < 4.78 is 31.5. The Balaban J connectivity index is 1.49. The van der Waals surface area contributed by atoms with Crippen molar-refractivity contribution >= 4 is 11.8 Å². The lowest BCUT2D eigenvalue weighted by Crippen LogP contribution is -2.37. The number of amides is 2. The molecule has 1 heterocycles. The van der Waals surface area contributed by atoms with Crippen molar-refractivity contribution in [3.63, 3.8) is 0 Å². The van der Waals surface area contributed by atoms with Gasteiger partial charge in [0.2, 0.25) is 5.91 Å². The molecule has 0 aliphatic carbocycles. The van der Waals surface area contributed by atoms with E-state index >= 15 is 0 Å². The highest BCUT2D eigenvalue weighted by Crippen LogP contribution is 2.18. The number of benzene rings is 2. The first-order valence-corrected chi connectivity index (χ1v) is 8.52. The molecule has 2 aromatic carbocycles. The van der Waals surface area contributed by atoms with Crippen molar-refractivity contribution in [1.82, 2.24) is 25.8 Å². The molecule has 0 saturated heterocycles. The molecule has 1 aromatic heterocycles. The maximum absolute atomic E-state index is 13.6. The van der Waals surface area contributed by atoms with Crippen molar-refractivity contribution in [2.45, 2.75) is 6.54 Å². The lowest BCUT2D eigenvalue weighted by Gasteiger charge is -2.06. The lowest BCUT2D eigenvalue weighted by atomic mass is 10.2. The summed E-state index contributed by atoms with van der Waals surface area (Å²) in [4.78, 5) is 28.0. The fourth-order valence-electron chi connectivity index (χ4n) is 2.42. The molecule has 0 atom stereocenters. The third kappa shape index (κ3) is 5.12. The average Bonchev–Trinajstić information content (AvgIpc) is 3.19. The van der Waals surface area contributed by atoms with E-state index in [9.17, 15) is 18.4 Å². The number of rotatable bonds is 7. The van der Waals surface area contributed by atoms with Gasteiger partial charge in [-0.3, -0.25) is 14.7 Å². The van der Waals surface area contributed by atoms with Crippen LogP contribution in [0.1, 0.15) is 16.2 Å². The van der Waals surface area contributed by atoms with Crippen LogP contribution in [0.15, 0.2) is 42.5 Å². The van der Waals surface area contributed by atoms with E-state index in [1.54, 1.807) is 31.4 Å². The first kappa shape index (κ1) is 19.9. The third-order valence-electron chi connectivity index (χ3n) is 3.92. The molecule has 0 aliphatic heterocycles. The quantitative estimate of drug-likeness (QED) is 0.559. The average molecular weight is 401 g/mol. The molecule has 2 amide bonds. The van der Waals surface area contributed by atoms with Crippen LogP contribution in [0.5, 0.6) is 5.75 Å². The maximum Gasteiger partial charge on any atom is 0.254 e. The zero-order valence-electron chi connectivity index (χ0n) is 15.3. The van der Waals surface area contributed by atoms with Gasteiger partial charge in [0.1, 0.15) is 23.2 Å². The number of hydrogen-bond acceptors (Lipinski definition) is 5. The predicted molar refractivity (Wildman–Crippen MR) is 98.9 cm³/mol.